The van der Waals surface area contributed by atoms with Crippen molar-refractivity contribution < 1.29 is 30.7 Å². The van der Waals surface area contributed by atoms with E-state index in [0.29, 0.717) is 17.1 Å². The van der Waals surface area contributed by atoms with E-state index in [9.17, 15) is 26.1 Å². The molecule has 0 amide bonds. The van der Waals surface area contributed by atoms with Gasteiger partial charge in [0, 0.05) is 17.7 Å². The molecule has 2 aromatic heterocycles. The van der Waals surface area contributed by atoms with Crippen LogP contribution in [-0.2, 0) is 22.2 Å². The lowest BCUT2D eigenvalue weighted by Gasteiger charge is -2.02. The Labute approximate surface area is 115 Å². The van der Waals surface area contributed by atoms with Crippen molar-refractivity contribution in [3.8, 4) is 10.6 Å². The van der Waals surface area contributed by atoms with Crippen molar-refractivity contribution in [1.29, 1.82) is 0 Å². The van der Waals surface area contributed by atoms with Crippen molar-refractivity contribution in [2.75, 3.05) is 0 Å². The summed E-state index contributed by atoms with van der Waals surface area (Å²) in [5.74, 6) is -1.98. The average molecular weight is 325 g/mol. The van der Waals surface area contributed by atoms with Gasteiger partial charge in [0.25, 0.3) is 0 Å². The molecule has 11 heteroatoms. The van der Waals surface area contributed by atoms with E-state index in [-0.39, 0.29) is 5.01 Å². The smallest absolute Gasteiger partial charge is 0.452 e. The third-order valence-corrected chi connectivity index (χ3v) is 3.50. The maximum absolute atomic E-state index is 12.3. The Morgan fingerprint density at radius 2 is 1.90 bits per heavy atom. The van der Waals surface area contributed by atoms with Crippen molar-refractivity contribution >= 4 is 21.7 Å². The second-order valence-electron chi connectivity index (χ2n) is 3.71. The number of rotatable bonds is 3. The van der Waals surface area contributed by atoms with Gasteiger partial charge in [-0.15, -0.1) is 0 Å². The van der Waals surface area contributed by atoms with E-state index >= 15 is 0 Å². The molecule has 0 saturated carbocycles. The monoisotopic (exact) mass is 325 g/mol. The lowest BCUT2D eigenvalue weighted by molar-refractivity contribution is -0.678. The molecule has 0 fully saturated rings. The highest BCUT2D eigenvalue weighted by molar-refractivity contribution is 7.84. The molecular weight excluding hydrogens is 319 g/mol. The van der Waals surface area contributed by atoms with Crippen LogP contribution in [0.3, 0.4) is 0 Å². The summed E-state index contributed by atoms with van der Waals surface area (Å²) in [7, 11) is -4.43. The van der Waals surface area contributed by atoms with Gasteiger partial charge in [-0.05, 0) is 11.5 Å². The fraction of sp³-hybridized carbons (Fsp3) is 0.222. The first-order chi connectivity index (χ1) is 9.15. The van der Waals surface area contributed by atoms with Gasteiger partial charge in [-0.3, -0.25) is 0 Å². The number of nitrogens with zero attached hydrogens (tertiary/aromatic N) is 3. The largest absolute Gasteiger partial charge is 0.743 e. The molecule has 0 saturated heterocycles. The number of hydrogen-bond acceptors (Lipinski definition) is 6. The summed E-state index contributed by atoms with van der Waals surface area (Å²) in [5.41, 5.74) is 0.345. The van der Waals surface area contributed by atoms with Gasteiger partial charge < -0.3 is 4.55 Å². The van der Waals surface area contributed by atoms with Gasteiger partial charge in [-0.25, -0.2) is 13.4 Å². The zero-order valence-corrected chi connectivity index (χ0v) is 11.2. The van der Waals surface area contributed by atoms with Crippen molar-refractivity contribution in [1.82, 2.24) is 9.36 Å². The Kier molecular flexibility index (Phi) is 3.75. The van der Waals surface area contributed by atoms with Crippen LogP contribution in [0.1, 0.15) is 5.82 Å². The standard InChI is InChI=1S/C9H6F3N3O3S2/c10-9(11,12)8-13-7(19-14-8)6-1-3-15(4-2-6)5-20(16,17)18/h1-4H,5H2. The highest BCUT2D eigenvalue weighted by atomic mass is 32.2. The van der Waals surface area contributed by atoms with E-state index < -0.39 is 28.0 Å². The predicted octanol–water partition coefficient (Wildman–Crippen LogP) is 1.01. The molecule has 0 aliphatic heterocycles. The molecule has 6 nitrogen and oxygen atoms in total. The third-order valence-electron chi connectivity index (χ3n) is 2.12. The van der Waals surface area contributed by atoms with Crippen LogP contribution in [0.5, 0.6) is 0 Å². The summed E-state index contributed by atoms with van der Waals surface area (Å²) in [4.78, 5) is 3.35. The van der Waals surface area contributed by atoms with Crippen LogP contribution >= 0.6 is 11.5 Å². The normalized spacial score (nSPS) is 12.6. The van der Waals surface area contributed by atoms with Crippen molar-refractivity contribution in [3.05, 3.63) is 30.4 Å². The molecule has 0 aliphatic rings. The number of alkyl halides is 3. The summed E-state index contributed by atoms with van der Waals surface area (Å²) in [5, 5.41) is 0.0504. The van der Waals surface area contributed by atoms with Crippen LogP contribution < -0.4 is 4.57 Å². The van der Waals surface area contributed by atoms with Gasteiger partial charge in [0.1, 0.15) is 5.01 Å². The molecule has 2 aromatic rings. The maximum atomic E-state index is 12.3. The van der Waals surface area contributed by atoms with Crippen molar-refractivity contribution in [2.24, 2.45) is 0 Å². The van der Waals surface area contributed by atoms with E-state index in [1.54, 1.807) is 0 Å². The minimum Gasteiger partial charge on any atom is -0.743 e. The predicted molar refractivity (Wildman–Crippen MR) is 60.2 cm³/mol. The molecule has 2 rings (SSSR count). The molecule has 0 bridgehead atoms. The van der Waals surface area contributed by atoms with Gasteiger partial charge in [0.2, 0.25) is 11.7 Å². The quantitative estimate of drug-likeness (QED) is 0.621. The molecule has 2 heterocycles. The third kappa shape index (κ3) is 3.71. The van der Waals surface area contributed by atoms with E-state index in [0.717, 1.165) is 4.57 Å². The topological polar surface area (TPSA) is 86.9 Å². The van der Waals surface area contributed by atoms with Gasteiger partial charge in [-0.2, -0.15) is 22.1 Å². The Morgan fingerprint density at radius 1 is 1.30 bits per heavy atom. The first-order valence-corrected chi connectivity index (χ1v) is 7.34. The van der Waals surface area contributed by atoms with Crippen LogP contribution in [0.4, 0.5) is 13.2 Å². The van der Waals surface area contributed by atoms with Crippen LogP contribution in [0.25, 0.3) is 10.6 Å². The summed E-state index contributed by atoms with van der Waals surface area (Å²) in [6.07, 6.45) is -2.08. The molecule has 0 N–H and O–H groups in total. The van der Waals surface area contributed by atoms with Crippen LogP contribution in [-0.4, -0.2) is 22.3 Å². The van der Waals surface area contributed by atoms with Crippen molar-refractivity contribution in [3.63, 3.8) is 0 Å². The highest BCUT2D eigenvalue weighted by Gasteiger charge is 2.36. The minimum atomic E-state index is -4.61. The minimum absolute atomic E-state index is 0.0504. The summed E-state index contributed by atoms with van der Waals surface area (Å²) in [6.45, 7) is 0. The first kappa shape index (κ1) is 14.8. The number of aromatic nitrogens is 3. The molecule has 0 aliphatic carbocycles. The van der Waals surface area contributed by atoms with Crippen molar-refractivity contribution in [2.45, 2.75) is 12.1 Å². The van der Waals surface area contributed by atoms with E-state index in [4.69, 9.17) is 0 Å². The summed E-state index contributed by atoms with van der Waals surface area (Å²) in [6, 6.07) is 2.71. The van der Waals surface area contributed by atoms with Gasteiger partial charge in [0.05, 0.1) is 0 Å². The molecule has 0 spiro atoms. The fourth-order valence-corrected chi connectivity index (χ4v) is 2.55. The Morgan fingerprint density at radius 3 is 2.35 bits per heavy atom. The Balaban J connectivity index is 2.24. The van der Waals surface area contributed by atoms with Crippen LogP contribution in [0.2, 0.25) is 0 Å². The average Bonchev–Trinajstić information content (AvgIpc) is 2.76. The molecule has 0 atom stereocenters. The summed E-state index contributed by atoms with van der Waals surface area (Å²) < 4.78 is 73.0. The lowest BCUT2D eigenvalue weighted by atomic mass is 10.3. The number of halogens is 3. The summed E-state index contributed by atoms with van der Waals surface area (Å²) >= 11 is 0.578. The Hall–Kier alpha value is -1.59. The molecular formula is C9H6F3N3O3S2. The number of hydrogen-bond donors (Lipinski definition) is 0. The maximum Gasteiger partial charge on any atom is 0.452 e. The van der Waals surface area contributed by atoms with E-state index in [1.165, 1.54) is 24.5 Å². The molecule has 0 unspecified atom stereocenters. The highest BCUT2D eigenvalue weighted by Crippen LogP contribution is 2.30. The van der Waals surface area contributed by atoms with Gasteiger partial charge in [-0.1, -0.05) is 0 Å². The SMILES string of the molecule is O=S(=O)([O-])C[n+]1ccc(-c2nc(C(F)(F)F)ns2)cc1. The number of pyridine rings is 1. The zero-order valence-electron chi connectivity index (χ0n) is 9.53. The van der Waals surface area contributed by atoms with E-state index in [1.807, 2.05) is 0 Å². The van der Waals surface area contributed by atoms with Gasteiger partial charge in [0.15, 0.2) is 22.5 Å². The molecule has 0 radical (unpaired) electrons. The van der Waals surface area contributed by atoms with E-state index in [2.05, 4.69) is 9.36 Å². The van der Waals surface area contributed by atoms with Crippen LogP contribution in [0.15, 0.2) is 24.5 Å². The second-order valence-corrected chi connectivity index (χ2v) is 5.83. The molecule has 20 heavy (non-hydrogen) atoms. The molecule has 108 valence electrons. The lowest BCUT2D eigenvalue weighted by Crippen LogP contribution is -2.36. The van der Waals surface area contributed by atoms with Crippen LogP contribution in [0, 0.1) is 0 Å². The van der Waals surface area contributed by atoms with Gasteiger partial charge >= 0.3 is 6.18 Å². The zero-order chi connectivity index (χ0) is 15.0. The fourth-order valence-electron chi connectivity index (χ4n) is 1.32. The molecule has 0 aromatic carbocycles. The Bertz CT molecular complexity index is 710. The first-order valence-electron chi connectivity index (χ1n) is 4.99. The second kappa shape index (κ2) is 5.07.